The fourth-order valence-corrected chi connectivity index (χ4v) is 5.11. The Hall–Kier alpha value is -2.32. The first-order valence-corrected chi connectivity index (χ1v) is 10.8. The van der Waals surface area contributed by atoms with Crippen LogP contribution in [0.2, 0.25) is 0 Å². The van der Waals surface area contributed by atoms with Gasteiger partial charge in [0.2, 0.25) is 15.9 Å². The second-order valence-electron chi connectivity index (χ2n) is 7.68. The molecular weight excluding hydrogens is 398 g/mol. The van der Waals surface area contributed by atoms with Crippen LogP contribution in [-0.4, -0.2) is 31.7 Å². The number of rotatable bonds is 5. The van der Waals surface area contributed by atoms with Gasteiger partial charge in [-0.1, -0.05) is 25.1 Å². The first-order valence-electron chi connectivity index (χ1n) is 9.41. The molecule has 2 aromatic rings. The Morgan fingerprint density at radius 3 is 2.28 bits per heavy atom. The molecule has 1 fully saturated rings. The van der Waals surface area contributed by atoms with E-state index in [2.05, 4.69) is 5.32 Å². The smallest absolute Gasteiger partial charge is 0.243 e. The molecule has 1 N–H and O–H groups in total. The summed E-state index contributed by atoms with van der Waals surface area (Å²) >= 11 is 0. The molecule has 3 rings (SSSR count). The molecule has 1 amide bonds. The normalized spacial score (nSPS) is 17.1. The summed E-state index contributed by atoms with van der Waals surface area (Å²) in [5.74, 6) is -1.11. The van der Waals surface area contributed by atoms with E-state index in [1.54, 1.807) is 19.1 Å². The minimum absolute atomic E-state index is 0.0399. The molecule has 0 unspecified atom stereocenters. The fraction of sp³-hybridized carbons (Fsp3) is 0.381. The Morgan fingerprint density at radius 1 is 1.07 bits per heavy atom. The molecular formula is C21H24F2N2O3S. The molecule has 0 radical (unpaired) electrons. The van der Waals surface area contributed by atoms with Crippen LogP contribution in [0, 0.1) is 24.0 Å². The van der Waals surface area contributed by atoms with Crippen molar-refractivity contribution >= 4 is 15.9 Å². The van der Waals surface area contributed by atoms with E-state index in [4.69, 9.17) is 0 Å². The van der Waals surface area contributed by atoms with Crippen LogP contribution in [0.1, 0.15) is 30.9 Å². The number of nitrogens with zero attached hydrogens (tertiary/aromatic N) is 1. The number of carbonyl (C=O) groups is 1. The number of piperidine rings is 1. The molecule has 2 aromatic carbocycles. The summed E-state index contributed by atoms with van der Waals surface area (Å²) in [6, 6.07) is 9.59. The molecule has 8 heteroatoms. The van der Waals surface area contributed by atoms with Crippen molar-refractivity contribution in [2.24, 2.45) is 5.41 Å². The predicted octanol–water partition coefficient (Wildman–Crippen LogP) is 3.38. The maximum absolute atomic E-state index is 13.6. The third-order valence-corrected chi connectivity index (χ3v) is 7.55. The lowest BCUT2D eigenvalue weighted by atomic mass is 9.80. The average Bonchev–Trinajstić information content (AvgIpc) is 2.69. The standard InChI is InChI=1S/C21H24F2N2O3S/c1-15-3-6-18(23)13-19(15)29(27,28)25-11-9-21(2,10-12-25)20(26)24-14-16-4-7-17(22)8-5-16/h3-8,13H,9-12,14H2,1-2H3,(H,24,26). The molecule has 1 heterocycles. The van der Waals surface area contributed by atoms with Crippen molar-refractivity contribution in [1.82, 2.24) is 9.62 Å². The molecule has 156 valence electrons. The van der Waals surface area contributed by atoms with Gasteiger partial charge in [0.05, 0.1) is 4.90 Å². The van der Waals surface area contributed by atoms with E-state index in [-0.39, 0.29) is 36.3 Å². The zero-order valence-corrected chi connectivity index (χ0v) is 17.2. The van der Waals surface area contributed by atoms with Crippen molar-refractivity contribution in [3.8, 4) is 0 Å². The molecule has 0 atom stereocenters. The number of carbonyl (C=O) groups excluding carboxylic acids is 1. The summed E-state index contributed by atoms with van der Waals surface area (Å²) in [4.78, 5) is 12.6. The third kappa shape index (κ3) is 4.64. The van der Waals surface area contributed by atoms with Crippen LogP contribution in [0.15, 0.2) is 47.4 Å². The van der Waals surface area contributed by atoms with Crippen molar-refractivity contribution in [3.05, 3.63) is 65.2 Å². The molecule has 1 saturated heterocycles. The first kappa shape index (κ1) is 21.4. The molecule has 0 aliphatic carbocycles. The minimum Gasteiger partial charge on any atom is -0.352 e. The Labute approximate surface area is 169 Å². The number of halogens is 2. The lowest BCUT2D eigenvalue weighted by molar-refractivity contribution is -0.132. The van der Waals surface area contributed by atoms with Gasteiger partial charge in [-0.25, -0.2) is 17.2 Å². The van der Waals surface area contributed by atoms with Crippen LogP contribution in [-0.2, 0) is 21.4 Å². The summed E-state index contributed by atoms with van der Waals surface area (Å²) in [5.41, 5.74) is 0.560. The van der Waals surface area contributed by atoms with Crippen molar-refractivity contribution in [2.45, 2.75) is 38.1 Å². The van der Waals surface area contributed by atoms with Crippen LogP contribution in [0.3, 0.4) is 0 Å². The monoisotopic (exact) mass is 422 g/mol. The van der Waals surface area contributed by atoms with Crippen LogP contribution in [0.25, 0.3) is 0 Å². The molecule has 1 aliphatic heterocycles. The van der Waals surface area contributed by atoms with E-state index in [0.717, 1.165) is 11.6 Å². The highest BCUT2D eigenvalue weighted by Crippen LogP contribution is 2.34. The number of benzene rings is 2. The van der Waals surface area contributed by atoms with Gasteiger partial charge in [-0.15, -0.1) is 0 Å². The van der Waals surface area contributed by atoms with Crippen LogP contribution in [0.5, 0.6) is 0 Å². The zero-order valence-electron chi connectivity index (χ0n) is 16.4. The first-order chi connectivity index (χ1) is 13.6. The summed E-state index contributed by atoms with van der Waals surface area (Å²) in [5, 5.41) is 2.85. The SMILES string of the molecule is Cc1ccc(F)cc1S(=O)(=O)N1CCC(C)(C(=O)NCc2ccc(F)cc2)CC1. The third-order valence-electron chi connectivity index (χ3n) is 5.51. The van der Waals surface area contributed by atoms with Gasteiger partial charge in [0, 0.05) is 25.0 Å². The summed E-state index contributed by atoms with van der Waals surface area (Å²) in [7, 11) is -3.82. The van der Waals surface area contributed by atoms with Gasteiger partial charge >= 0.3 is 0 Å². The maximum atomic E-state index is 13.6. The predicted molar refractivity (Wildman–Crippen MR) is 105 cm³/mol. The van der Waals surface area contributed by atoms with Gasteiger partial charge < -0.3 is 5.32 Å². The van der Waals surface area contributed by atoms with Crippen LogP contribution in [0.4, 0.5) is 8.78 Å². The van der Waals surface area contributed by atoms with Crippen molar-refractivity contribution < 1.29 is 22.0 Å². The minimum atomic E-state index is -3.82. The topological polar surface area (TPSA) is 66.5 Å². The van der Waals surface area contributed by atoms with Gasteiger partial charge in [-0.2, -0.15) is 4.31 Å². The average molecular weight is 422 g/mol. The Morgan fingerprint density at radius 2 is 1.66 bits per heavy atom. The maximum Gasteiger partial charge on any atom is 0.243 e. The molecule has 0 saturated carbocycles. The second kappa shape index (κ2) is 8.20. The lowest BCUT2D eigenvalue weighted by Gasteiger charge is -2.37. The summed E-state index contributed by atoms with van der Waals surface area (Å²) < 4.78 is 53.7. The van der Waals surface area contributed by atoms with E-state index in [1.807, 2.05) is 6.92 Å². The Balaban J connectivity index is 1.64. The van der Waals surface area contributed by atoms with Crippen molar-refractivity contribution in [2.75, 3.05) is 13.1 Å². The zero-order chi connectivity index (χ0) is 21.2. The second-order valence-corrected chi connectivity index (χ2v) is 9.59. The number of aryl methyl sites for hydroxylation is 1. The fourth-order valence-electron chi connectivity index (χ4n) is 3.44. The lowest BCUT2D eigenvalue weighted by Crippen LogP contribution is -2.48. The number of amides is 1. The highest BCUT2D eigenvalue weighted by atomic mass is 32.2. The number of nitrogens with one attached hydrogen (secondary N) is 1. The van der Waals surface area contributed by atoms with Crippen LogP contribution >= 0.6 is 0 Å². The van der Waals surface area contributed by atoms with Gasteiger partial charge in [0.25, 0.3) is 0 Å². The van der Waals surface area contributed by atoms with E-state index >= 15 is 0 Å². The van der Waals surface area contributed by atoms with Gasteiger partial charge in [0.1, 0.15) is 11.6 Å². The van der Waals surface area contributed by atoms with Gasteiger partial charge in [-0.05, 0) is 55.2 Å². The Bertz CT molecular complexity index is 999. The summed E-state index contributed by atoms with van der Waals surface area (Å²) in [6.07, 6.45) is 0.714. The van der Waals surface area contributed by atoms with E-state index < -0.39 is 21.3 Å². The molecule has 0 spiro atoms. The highest BCUT2D eigenvalue weighted by molar-refractivity contribution is 7.89. The molecule has 0 bridgehead atoms. The van der Waals surface area contributed by atoms with Crippen molar-refractivity contribution in [1.29, 1.82) is 0 Å². The van der Waals surface area contributed by atoms with Gasteiger partial charge in [-0.3, -0.25) is 4.79 Å². The van der Waals surface area contributed by atoms with Crippen LogP contribution < -0.4 is 5.32 Å². The van der Waals surface area contributed by atoms with E-state index in [9.17, 15) is 22.0 Å². The molecule has 29 heavy (non-hydrogen) atoms. The van der Waals surface area contributed by atoms with E-state index in [0.29, 0.717) is 18.4 Å². The number of sulfonamides is 1. The Kier molecular flexibility index (Phi) is 6.05. The quantitative estimate of drug-likeness (QED) is 0.803. The molecule has 0 aromatic heterocycles. The highest BCUT2D eigenvalue weighted by Gasteiger charge is 2.40. The molecule has 5 nitrogen and oxygen atoms in total. The largest absolute Gasteiger partial charge is 0.352 e. The van der Waals surface area contributed by atoms with Gasteiger partial charge in [0.15, 0.2) is 0 Å². The van der Waals surface area contributed by atoms with E-state index in [1.165, 1.54) is 28.6 Å². The summed E-state index contributed by atoms with van der Waals surface area (Å²) in [6.45, 7) is 4.07. The molecule has 1 aliphatic rings. The number of hydrogen-bond acceptors (Lipinski definition) is 3. The number of hydrogen-bond donors (Lipinski definition) is 1. The van der Waals surface area contributed by atoms with Crippen molar-refractivity contribution in [3.63, 3.8) is 0 Å².